The van der Waals surface area contributed by atoms with Crippen molar-refractivity contribution in [3.63, 3.8) is 0 Å². The second-order valence-corrected chi connectivity index (χ2v) is 3.51. The molecule has 2 N–H and O–H groups in total. The van der Waals surface area contributed by atoms with Gasteiger partial charge in [0.1, 0.15) is 0 Å². The van der Waals surface area contributed by atoms with E-state index in [4.69, 9.17) is 0 Å². The summed E-state index contributed by atoms with van der Waals surface area (Å²) in [5.74, 6) is 1.28. The Morgan fingerprint density at radius 3 is 2.29 bits per heavy atom. The van der Waals surface area contributed by atoms with Crippen molar-refractivity contribution < 1.29 is 0 Å². The topological polar surface area (TPSA) is 24.1 Å². The highest BCUT2D eigenvalue weighted by Gasteiger charge is 2.06. The molecule has 0 radical (unpaired) electrons. The summed E-state index contributed by atoms with van der Waals surface area (Å²) in [4.78, 5) is 0. The van der Waals surface area contributed by atoms with Crippen molar-refractivity contribution in [2.45, 2.75) is 27.7 Å². The Bertz CT molecular complexity index is 237. The van der Waals surface area contributed by atoms with Crippen LogP contribution in [0, 0.1) is 5.92 Å². The molecule has 2 nitrogen and oxygen atoms in total. The Kier molecular flexibility index (Phi) is 5.77. The minimum atomic E-state index is 0.481. The fourth-order valence-corrected chi connectivity index (χ4v) is 1.37. The van der Waals surface area contributed by atoms with E-state index in [1.54, 1.807) is 0 Å². The number of allylic oxidation sites excluding steroid dienone is 2. The summed E-state index contributed by atoms with van der Waals surface area (Å²) < 4.78 is 0. The van der Waals surface area contributed by atoms with Crippen molar-refractivity contribution in [3.05, 3.63) is 36.3 Å². The molecule has 0 amide bonds. The second kappa shape index (κ2) is 6.30. The first-order chi connectivity index (χ1) is 6.52. The zero-order valence-corrected chi connectivity index (χ0v) is 9.78. The van der Waals surface area contributed by atoms with Gasteiger partial charge in [0.15, 0.2) is 0 Å². The standard InChI is InChI=1S/C12H22N2/c1-7-12(9(3)4)10(5)14-11(6)13-8-2/h7,9,13-14H,5-6,8H2,1-4H3/b12-7-. The van der Waals surface area contributed by atoms with Gasteiger partial charge >= 0.3 is 0 Å². The largest absolute Gasteiger partial charge is 0.372 e. The highest BCUT2D eigenvalue weighted by Crippen LogP contribution is 2.15. The van der Waals surface area contributed by atoms with Gasteiger partial charge in [-0.1, -0.05) is 33.1 Å². The molecule has 0 rings (SSSR count). The van der Waals surface area contributed by atoms with Gasteiger partial charge in [-0.3, -0.25) is 0 Å². The summed E-state index contributed by atoms with van der Waals surface area (Å²) in [5, 5.41) is 6.25. The molecule has 0 fully saturated rings. The molecule has 0 aliphatic heterocycles. The Labute approximate surface area is 87.8 Å². The van der Waals surface area contributed by atoms with Gasteiger partial charge < -0.3 is 10.6 Å². The van der Waals surface area contributed by atoms with Crippen LogP contribution in [-0.4, -0.2) is 6.54 Å². The van der Waals surface area contributed by atoms with Crippen molar-refractivity contribution in [2.75, 3.05) is 6.54 Å². The lowest BCUT2D eigenvalue weighted by atomic mass is 10.0. The summed E-state index contributed by atoms with van der Waals surface area (Å²) in [6.07, 6.45) is 2.08. The summed E-state index contributed by atoms with van der Waals surface area (Å²) >= 11 is 0. The van der Waals surface area contributed by atoms with E-state index in [0.717, 1.165) is 18.1 Å². The van der Waals surface area contributed by atoms with Gasteiger partial charge in [-0.25, -0.2) is 0 Å². The van der Waals surface area contributed by atoms with Crippen LogP contribution in [0.4, 0.5) is 0 Å². The van der Waals surface area contributed by atoms with Gasteiger partial charge in [0, 0.05) is 12.2 Å². The Morgan fingerprint density at radius 2 is 1.93 bits per heavy atom. The highest BCUT2D eigenvalue weighted by molar-refractivity contribution is 5.29. The fraction of sp³-hybridized carbons (Fsp3) is 0.500. The molecular weight excluding hydrogens is 172 g/mol. The molecule has 0 unspecified atom stereocenters. The number of rotatable bonds is 6. The molecule has 2 heteroatoms. The van der Waals surface area contributed by atoms with Crippen LogP contribution in [0.15, 0.2) is 36.3 Å². The van der Waals surface area contributed by atoms with Gasteiger partial charge in [-0.05, 0) is 25.3 Å². The summed E-state index contributed by atoms with van der Waals surface area (Å²) in [5.41, 5.74) is 2.15. The maximum Gasteiger partial charge on any atom is 0.0956 e. The normalized spacial score (nSPS) is 11.4. The first kappa shape index (κ1) is 12.8. The van der Waals surface area contributed by atoms with Crippen LogP contribution >= 0.6 is 0 Å². The molecule has 0 bridgehead atoms. The minimum Gasteiger partial charge on any atom is -0.372 e. The Hall–Kier alpha value is -1.18. The fourth-order valence-electron chi connectivity index (χ4n) is 1.37. The van der Waals surface area contributed by atoms with Gasteiger partial charge in [-0.2, -0.15) is 0 Å². The zero-order valence-electron chi connectivity index (χ0n) is 9.78. The van der Waals surface area contributed by atoms with Gasteiger partial charge in [0.25, 0.3) is 0 Å². The van der Waals surface area contributed by atoms with E-state index in [9.17, 15) is 0 Å². The maximum atomic E-state index is 3.99. The molecule has 0 aliphatic rings. The molecule has 0 atom stereocenters. The zero-order chi connectivity index (χ0) is 11.1. The molecule has 0 aromatic carbocycles. The molecule has 0 aromatic rings. The van der Waals surface area contributed by atoms with E-state index in [1.807, 2.05) is 13.8 Å². The second-order valence-electron chi connectivity index (χ2n) is 3.51. The van der Waals surface area contributed by atoms with Crippen molar-refractivity contribution in [1.29, 1.82) is 0 Å². The lowest BCUT2D eigenvalue weighted by molar-refractivity contribution is 0.724. The van der Waals surface area contributed by atoms with Crippen LogP contribution in [0.25, 0.3) is 0 Å². The molecule has 0 saturated heterocycles. The molecule has 0 aliphatic carbocycles. The third kappa shape index (κ3) is 4.17. The molecular formula is C12H22N2. The third-order valence-corrected chi connectivity index (χ3v) is 1.97. The lowest BCUT2D eigenvalue weighted by Crippen LogP contribution is -2.25. The summed E-state index contributed by atoms with van der Waals surface area (Å²) in [6, 6.07) is 0. The van der Waals surface area contributed by atoms with Crippen molar-refractivity contribution in [1.82, 2.24) is 10.6 Å². The number of hydrogen-bond donors (Lipinski definition) is 2. The molecule has 0 spiro atoms. The monoisotopic (exact) mass is 194 g/mol. The van der Waals surface area contributed by atoms with Crippen molar-refractivity contribution in [2.24, 2.45) is 5.92 Å². The predicted molar refractivity (Wildman–Crippen MR) is 63.7 cm³/mol. The lowest BCUT2D eigenvalue weighted by Gasteiger charge is -2.17. The third-order valence-electron chi connectivity index (χ3n) is 1.97. The smallest absolute Gasteiger partial charge is 0.0956 e. The van der Waals surface area contributed by atoms with Crippen LogP contribution in [0.3, 0.4) is 0 Å². The molecule has 80 valence electrons. The van der Waals surface area contributed by atoms with Gasteiger partial charge in [0.2, 0.25) is 0 Å². The summed E-state index contributed by atoms with van der Waals surface area (Å²) in [6.45, 7) is 17.1. The Balaban J connectivity index is 4.27. The van der Waals surface area contributed by atoms with Crippen LogP contribution in [-0.2, 0) is 0 Å². The molecule has 0 aromatic heterocycles. The van der Waals surface area contributed by atoms with E-state index < -0.39 is 0 Å². The number of hydrogen-bond acceptors (Lipinski definition) is 2. The van der Waals surface area contributed by atoms with Crippen LogP contribution in [0.2, 0.25) is 0 Å². The highest BCUT2D eigenvalue weighted by atomic mass is 15.1. The van der Waals surface area contributed by atoms with Crippen molar-refractivity contribution in [3.8, 4) is 0 Å². The average Bonchev–Trinajstić information content (AvgIpc) is 2.04. The van der Waals surface area contributed by atoms with Gasteiger partial charge in [-0.15, -0.1) is 0 Å². The minimum absolute atomic E-state index is 0.481. The van der Waals surface area contributed by atoms with Crippen LogP contribution in [0.1, 0.15) is 27.7 Å². The van der Waals surface area contributed by atoms with Gasteiger partial charge in [0.05, 0.1) is 5.82 Å². The first-order valence-corrected chi connectivity index (χ1v) is 5.08. The quantitative estimate of drug-likeness (QED) is 0.635. The van der Waals surface area contributed by atoms with E-state index in [-0.39, 0.29) is 0 Å². The molecule has 14 heavy (non-hydrogen) atoms. The Morgan fingerprint density at radius 1 is 1.36 bits per heavy atom. The molecule has 0 saturated carbocycles. The van der Waals surface area contributed by atoms with E-state index in [2.05, 4.69) is 43.7 Å². The van der Waals surface area contributed by atoms with E-state index >= 15 is 0 Å². The first-order valence-electron chi connectivity index (χ1n) is 5.08. The maximum absolute atomic E-state index is 3.99. The SMILES string of the molecule is C=C(NCC)NC(=C)/C(=C\C)C(C)C. The number of nitrogens with one attached hydrogen (secondary N) is 2. The summed E-state index contributed by atoms with van der Waals surface area (Å²) in [7, 11) is 0. The molecule has 0 heterocycles. The van der Waals surface area contributed by atoms with Crippen molar-refractivity contribution >= 4 is 0 Å². The van der Waals surface area contributed by atoms with E-state index in [1.165, 1.54) is 5.57 Å². The van der Waals surface area contributed by atoms with Crippen LogP contribution in [0.5, 0.6) is 0 Å². The predicted octanol–water partition coefficient (Wildman–Crippen LogP) is 2.77. The average molecular weight is 194 g/mol. The van der Waals surface area contributed by atoms with Crippen LogP contribution < -0.4 is 10.6 Å². The van der Waals surface area contributed by atoms with E-state index in [0.29, 0.717) is 5.92 Å².